The Balaban J connectivity index is 1.41. The Labute approximate surface area is 161 Å². The molecule has 1 fully saturated rings. The molecule has 1 saturated heterocycles. The molecular weight excluding hydrogens is 358 g/mol. The first-order valence-electron chi connectivity index (χ1n) is 8.89. The number of nitrogens with one attached hydrogen (secondary N) is 2. The molecule has 0 spiro atoms. The minimum atomic E-state index is -0.782. The lowest BCUT2D eigenvalue weighted by Gasteiger charge is -2.14. The molecule has 4 rings (SSSR count). The number of amides is 2. The zero-order valence-electron chi connectivity index (χ0n) is 15.0. The van der Waals surface area contributed by atoms with E-state index in [1.54, 1.807) is 18.3 Å². The Morgan fingerprint density at radius 3 is 2.93 bits per heavy atom. The van der Waals surface area contributed by atoms with E-state index in [2.05, 4.69) is 10.6 Å². The molecule has 2 aliphatic rings. The molecule has 142 valence electrons. The number of carbonyl (C=O) groups excluding carboxylic acids is 2. The van der Waals surface area contributed by atoms with Gasteiger partial charge in [0.25, 0.3) is 5.91 Å². The lowest BCUT2D eigenvalue weighted by molar-refractivity contribution is -0.164. The molecular formula is C21H19N3O4. The monoisotopic (exact) mass is 377 g/mol. The van der Waals surface area contributed by atoms with Crippen LogP contribution in [0, 0.1) is 0 Å². The lowest BCUT2D eigenvalue weighted by atomic mass is 10.2. The van der Waals surface area contributed by atoms with E-state index in [-0.39, 0.29) is 12.5 Å². The van der Waals surface area contributed by atoms with Crippen molar-refractivity contribution in [2.45, 2.75) is 12.6 Å². The third-order valence-corrected chi connectivity index (χ3v) is 4.40. The number of benzene rings is 2. The highest BCUT2D eigenvalue weighted by Crippen LogP contribution is 2.13. The first-order valence-corrected chi connectivity index (χ1v) is 8.89. The van der Waals surface area contributed by atoms with Gasteiger partial charge in [0.15, 0.2) is 0 Å². The second-order valence-corrected chi connectivity index (χ2v) is 6.34. The summed E-state index contributed by atoms with van der Waals surface area (Å²) in [6.45, 7) is 0.392. The Hall–Kier alpha value is -3.58. The van der Waals surface area contributed by atoms with E-state index >= 15 is 0 Å². The van der Waals surface area contributed by atoms with Crippen LogP contribution in [0.3, 0.4) is 0 Å². The summed E-state index contributed by atoms with van der Waals surface area (Å²) in [6, 6.07) is 14.1. The van der Waals surface area contributed by atoms with Gasteiger partial charge in [-0.3, -0.25) is 9.63 Å². The fourth-order valence-corrected chi connectivity index (χ4v) is 3.01. The van der Waals surface area contributed by atoms with Crippen molar-refractivity contribution < 1.29 is 19.2 Å². The standard InChI is InChI=1S/C21H19N3O4/c25-20-18(14-27-24(20)13-15-6-2-1-3-7-15)23-21(26)28-19-10-4-8-16-12-22-11-5-9-17(16)19/h1-12,18,22H,13-14H2,(H,23,26)/t18-/m1/s1. The van der Waals surface area contributed by atoms with Crippen LogP contribution in [-0.4, -0.2) is 29.7 Å². The van der Waals surface area contributed by atoms with Gasteiger partial charge in [-0.15, -0.1) is 0 Å². The van der Waals surface area contributed by atoms with Crippen LogP contribution in [0.4, 0.5) is 4.79 Å². The van der Waals surface area contributed by atoms with E-state index in [1.807, 2.05) is 54.8 Å². The first kappa shape index (κ1) is 17.8. The van der Waals surface area contributed by atoms with Crippen molar-refractivity contribution in [3.05, 3.63) is 76.8 Å². The van der Waals surface area contributed by atoms with Crippen LogP contribution in [0.1, 0.15) is 5.56 Å². The van der Waals surface area contributed by atoms with Gasteiger partial charge in [-0.05, 0) is 23.8 Å². The molecule has 0 saturated carbocycles. The van der Waals surface area contributed by atoms with Gasteiger partial charge in [0.1, 0.15) is 18.4 Å². The fourth-order valence-electron chi connectivity index (χ4n) is 3.01. The number of nitrogens with zero attached hydrogens (tertiary/aromatic N) is 1. The summed E-state index contributed by atoms with van der Waals surface area (Å²) >= 11 is 0. The molecule has 2 aliphatic heterocycles. The average molecular weight is 377 g/mol. The maximum absolute atomic E-state index is 12.5. The molecule has 0 radical (unpaired) electrons. The Kier molecular flexibility index (Phi) is 5.07. The van der Waals surface area contributed by atoms with Crippen LogP contribution in [0.15, 0.2) is 60.8 Å². The quantitative estimate of drug-likeness (QED) is 0.822. The maximum Gasteiger partial charge on any atom is 0.413 e. The van der Waals surface area contributed by atoms with Gasteiger partial charge in [0.05, 0.1) is 6.54 Å². The van der Waals surface area contributed by atoms with Crippen molar-refractivity contribution in [3.63, 3.8) is 0 Å². The van der Waals surface area contributed by atoms with Crippen LogP contribution >= 0.6 is 0 Å². The van der Waals surface area contributed by atoms with Crippen LogP contribution < -0.4 is 25.8 Å². The van der Waals surface area contributed by atoms with Crippen molar-refractivity contribution in [3.8, 4) is 5.75 Å². The Morgan fingerprint density at radius 1 is 1.21 bits per heavy atom. The smallest absolute Gasteiger partial charge is 0.410 e. The topological polar surface area (TPSA) is 79.9 Å². The van der Waals surface area contributed by atoms with E-state index < -0.39 is 12.1 Å². The van der Waals surface area contributed by atoms with E-state index in [4.69, 9.17) is 9.57 Å². The van der Waals surface area contributed by atoms with Crippen LogP contribution in [0.25, 0.3) is 12.3 Å². The lowest BCUT2D eigenvalue weighted by Crippen LogP contribution is -2.44. The number of allylic oxidation sites excluding steroid dienone is 1. The Bertz CT molecular complexity index is 1030. The molecule has 7 heteroatoms. The summed E-state index contributed by atoms with van der Waals surface area (Å²) in [5, 5.41) is 8.52. The molecule has 7 nitrogen and oxygen atoms in total. The number of hydrogen-bond donors (Lipinski definition) is 2. The predicted molar refractivity (Wildman–Crippen MR) is 103 cm³/mol. The summed E-state index contributed by atoms with van der Waals surface area (Å²) in [7, 11) is 0. The maximum atomic E-state index is 12.5. The van der Waals surface area contributed by atoms with Crippen molar-refractivity contribution in [1.82, 2.24) is 15.7 Å². The normalized spacial score (nSPS) is 17.6. The molecule has 0 aliphatic carbocycles. The predicted octanol–water partition coefficient (Wildman–Crippen LogP) is 0.753. The number of ether oxygens (including phenoxy) is 1. The highest BCUT2D eigenvalue weighted by Gasteiger charge is 2.34. The molecule has 28 heavy (non-hydrogen) atoms. The zero-order valence-corrected chi connectivity index (χ0v) is 15.0. The van der Waals surface area contributed by atoms with Crippen molar-refractivity contribution in [1.29, 1.82) is 0 Å². The Morgan fingerprint density at radius 2 is 2.07 bits per heavy atom. The van der Waals surface area contributed by atoms with Crippen molar-refractivity contribution in [2.75, 3.05) is 6.61 Å². The third kappa shape index (κ3) is 3.89. The van der Waals surface area contributed by atoms with Gasteiger partial charge in [-0.1, -0.05) is 42.5 Å². The molecule has 2 aromatic rings. The van der Waals surface area contributed by atoms with E-state index in [9.17, 15) is 9.59 Å². The van der Waals surface area contributed by atoms with Gasteiger partial charge in [-0.25, -0.2) is 9.86 Å². The number of rotatable bonds is 4. The molecule has 2 N–H and O–H groups in total. The largest absolute Gasteiger partial charge is 0.413 e. The van der Waals surface area contributed by atoms with E-state index in [0.29, 0.717) is 12.3 Å². The summed E-state index contributed by atoms with van der Waals surface area (Å²) in [5.74, 6) is 0.104. The third-order valence-electron chi connectivity index (χ3n) is 4.40. The van der Waals surface area contributed by atoms with Gasteiger partial charge in [0.2, 0.25) is 0 Å². The van der Waals surface area contributed by atoms with Crippen molar-refractivity contribution in [2.24, 2.45) is 0 Å². The SMILES string of the molecule is O=C(N[C@@H]1CON(Cc2ccccc2)C1=O)Oc1cccc2c1=CC=CNC=2. The molecule has 2 heterocycles. The highest BCUT2D eigenvalue weighted by molar-refractivity contribution is 5.86. The molecule has 0 unspecified atom stereocenters. The van der Waals surface area contributed by atoms with Crippen LogP contribution in [0.2, 0.25) is 0 Å². The number of fused-ring (bicyclic) bond motifs is 1. The second kappa shape index (κ2) is 7.98. The van der Waals surface area contributed by atoms with Gasteiger partial charge < -0.3 is 15.4 Å². The molecule has 2 amide bonds. The van der Waals surface area contributed by atoms with Gasteiger partial charge in [-0.2, -0.15) is 0 Å². The summed E-state index contributed by atoms with van der Waals surface area (Å²) in [5.41, 5.74) is 0.944. The molecule has 2 aromatic carbocycles. The average Bonchev–Trinajstić information content (AvgIpc) is 2.91. The summed E-state index contributed by atoms with van der Waals surface area (Å²) in [4.78, 5) is 30.2. The van der Waals surface area contributed by atoms with E-state index in [1.165, 1.54) is 5.06 Å². The van der Waals surface area contributed by atoms with Crippen LogP contribution in [-0.2, 0) is 16.2 Å². The summed E-state index contributed by atoms with van der Waals surface area (Å²) in [6.07, 6.45) is 6.56. The number of hydroxylamine groups is 2. The molecule has 0 bridgehead atoms. The number of hydrogen-bond acceptors (Lipinski definition) is 5. The first-order chi connectivity index (χ1) is 13.7. The minimum Gasteiger partial charge on any atom is -0.410 e. The highest BCUT2D eigenvalue weighted by atomic mass is 16.7. The number of carbonyl (C=O) groups is 2. The molecule has 0 aromatic heterocycles. The van der Waals surface area contributed by atoms with Crippen LogP contribution in [0.5, 0.6) is 5.75 Å². The van der Waals surface area contributed by atoms with Crippen molar-refractivity contribution >= 4 is 24.3 Å². The molecule has 1 atom stereocenters. The van der Waals surface area contributed by atoms with E-state index in [0.717, 1.165) is 16.0 Å². The second-order valence-electron chi connectivity index (χ2n) is 6.34. The summed E-state index contributed by atoms with van der Waals surface area (Å²) < 4.78 is 5.44. The fraction of sp³-hybridized carbons (Fsp3) is 0.143. The van der Waals surface area contributed by atoms with Gasteiger partial charge in [0, 0.05) is 22.8 Å². The van der Waals surface area contributed by atoms with Gasteiger partial charge >= 0.3 is 6.09 Å². The zero-order chi connectivity index (χ0) is 19.3. The minimum absolute atomic E-state index is 0.0697.